The van der Waals surface area contributed by atoms with Crippen molar-refractivity contribution >= 4 is 22.9 Å². The van der Waals surface area contributed by atoms with Crippen molar-refractivity contribution in [2.45, 2.75) is 38.4 Å². The van der Waals surface area contributed by atoms with Crippen LogP contribution in [0.4, 0.5) is 0 Å². The molecule has 2 aromatic heterocycles. The van der Waals surface area contributed by atoms with Crippen LogP contribution in [0, 0.1) is 6.92 Å². The number of nitrogens with zero attached hydrogens (tertiary/aromatic N) is 4. The normalized spacial score (nSPS) is 11.4. The number of imidazole rings is 1. The Balaban J connectivity index is 2.19. The molecule has 0 spiro atoms. The van der Waals surface area contributed by atoms with Gasteiger partial charge in [0.1, 0.15) is 0 Å². The highest BCUT2D eigenvalue weighted by Gasteiger charge is 2.19. The Hall–Kier alpha value is -2.28. The van der Waals surface area contributed by atoms with Crippen LogP contribution in [0.1, 0.15) is 30.9 Å². The lowest BCUT2D eigenvalue weighted by atomic mass is 10.1. The number of rotatable bonds is 6. The van der Waals surface area contributed by atoms with Crippen molar-refractivity contribution in [3.8, 4) is 0 Å². The van der Waals surface area contributed by atoms with Crippen molar-refractivity contribution in [1.29, 1.82) is 0 Å². The summed E-state index contributed by atoms with van der Waals surface area (Å²) in [5.74, 6) is 0.933. The Morgan fingerprint density at radius 3 is 2.42 bits per heavy atom. The van der Waals surface area contributed by atoms with Gasteiger partial charge in [0, 0.05) is 19.8 Å². The van der Waals surface area contributed by atoms with Gasteiger partial charge in [0.15, 0.2) is 16.3 Å². The third kappa shape index (κ3) is 3.35. The molecule has 0 unspecified atom stereocenters. The number of benzene rings is 1. The molecule has 3 rings (SSSR count). The van der Waals surface area contributed by atoms with E-state index >= 15 is 0 Å². The molecule has 0 aliphatic carbocycles. The molecule has 0 radical (unpaired) electrons. The molecular formula is C19H24N4O2S. The smallest absolute Gasteiger partial charge is 0.309 e. The Kier molecular flexibility index (Phi) is 5.36. The predicted octanol–water partition coefficient (Wildman–Crippen LogP) is 2.68. The summed E-state index contributed by atoms with van der Waals surface area (Å²) in [5, 5.41) is 0.785. The Morgan fingerprint density at radius 1 is 1.08 bits per heavy atom. The molecule has 0 N–H and O–H groups in total. The van der Waals surface area contributed by atoms with Gasteiger partial charge in [-0.25, -0.2) is 9.78 Å². The quantitative estimate of drug-likeness (QED) is 0.493. The molecule has 26 heavy (non-hydrogen) atoms. The Morgan fingerprint density at radius 2 is 1.77 bits per heavy atom. The second kappa shape index (κ2) is 7.53. The fourth-order valence-electron chi connectivity index (χ4n) is 2.87. The molecule has 0 aliphatic rings. The zero-order valence-corrected chi connectivity index (χ0v) is 16.5. The lowest BCUT2D eigenvalue weighted by molar-refractivity contribution is 0.696. The number of fused-ring (bicyclic) bond motifs is 1. The molecule has 7 heteroatoms. The van der Waals surface area contributed by atoms with E-state index in [2.05, 4.69) is 36.2 Å². The first kappa shape index (κ1) is 18.5. The zero-order chi connectivity index (χ0) is 18.8. The van der Waals surface area contributed by atoms with Gasteiger partial charge in [-0.2, -0.15) is 0 Å². The summed E-state index contributed by atoms with van der Waals surface area (Å²) in [6.07, 6.45) is 2.18. The largest absolute Gasteiger partial charge is 0.332 e. The molecular weight excluding hydrogens is 348 g/mol. The van der Waals surface area contributed by atoms with Gasteiger partial charge in [0.25, 0.3) is 5.56 Å². The molecule has 0 fully saturated rings. The summed E-state index contributed by atoms with van der Waals surface area (Å²) in [6, 6.07) is 8.25. The van der Waals surface area contributed by atoms with Gasteiger partial charge in [-0.3, -0.25) is 13.9 Å². The minimum atomic E-state index is -0.354. The highest BCUT2D eigenvalue weighted by molar-refractivity contribution is 7.99. The van der Waals surface area contributed by atoms with E-state index in [-0.39, 0.29) is 11.2 Å². The van der Waals surface area contributed by atoms with Gasteiger partial charge >= 0.3 is 5.69 Å². The summed E-state index contributed by atoms with van der Waals surface area (Å²) >= 11 is 1.64. The van der Waals surface area contributed by atoms with Crippen molar-refractivity contribution in [3.63, 3.8) is 0 Å². The molecule has 1 aromatic carbocycles. The van der Waals surface area contributed by atoms with Crippen LogP contribution >= 0.6 is 11.8 Å². The first-order valence-corrected chi connectivity index (χ1v) is 9.77. The SMILES string of the molecule is CCCCSc1nc2c(c(=O)n(C)c(=O)n2C)n1Cc1ccc(C)cc1. The van der Waals surface area contributed by atoms with E-state index < -0.39 is 0 Å². The monoisotopic (exact) mass is 372 g/mol. The highest BCUT2D eigenvalue weighted by Crippen LogP contribution is 2.24. The topological polar surface area (TPSA) is 61.8 Å². The van der Waals surface area contributed by atoms with Gasteiger partial charge in [-0.05, 0) is 18.9 Å². The van der Waals surface area contributed by atoms with Gasteiger partial charge in [0.2, 0.25) is 0 Å². The second-order valence-electron chi connectivity index (χ2n) is 6.55. The van der Waals surface area contributed by atoms with E-state index in [1.807, 2.05) is 11.5 Å². The maximum Gasteiger partial charge on any atom is 0.332 e. The molecule has 0 aliphatic heterocycles. The lowest BCUT2D eigenvalue weighted by Crippen LogP contribution is -2.37. The summed E-state index contributed by atoms with van der Waals surface area (Å²) < 4.78 is 4.55. The number of hydrogen-bond acceptors (Lipinski definition) is 4. The van der Waals surface area contributed by atoms with Gasteiger partial charge in [-0.15, -0.1) is 0 Å². The summed E-state index contributed by atoms with van der Waals surface area (Å²) in [5.41, 5.74) is 2.57. The van der Waals surface area contributed by atoms with Gasteiger partial charge in [-0.1, -0.05) is 54.9 Å². The molecule has 0 saturated carbocycles. The van der Waals surface area contributed by atoms with Crippen LogP contribution in [0.3, 0.4) is 0 Å². The van der Waals surface area contributed by atoms with Crippen LogP contribution in [0.2, 0.25) is 0 Å². The fourth-order valence-corrected chi connectivity index (χ4v) is 3.95. The summed E-state index contributed by atoms with van der Waals surface area (Å²) in [6.45, 7) is 4.75. The van der Waals surface area contributed by atoms with E-state index in [9.17, 15) is 9.59 Å². The molecule has 0 atom stereocenters. The minimum Gasteiger partial charge on any atom is -0.309 e. The van der Waals surface area contributed by atoms with Crippen molar-refractivity contribution in [2.75, 3.05) is 5.75 Å². The molecule has 138 valence electrons. The average molecular weight is 372 g/mol. The van der Waals surface area contributed by atoms with Crippen LogP contribution in [0.15, 0.2) is 39.0 Å². The van der Waals surface area contributed by atoms with Crippen molar-refractivity contribution in [3.05, 3.63) is 56.2 Å². The summed E-state index contributed by atoms with van der Waals surface area (Å²) in [4.78, 5) is 29.7. The molecule has 0 bridgehead atoms. The number of hydrogen-bond donors (Lipinski definition) is 0. The Labute approximate surface area is 156 Å². The van der Waals surface area contributed by atoms with Gasteiger partial charge < -0.3 is 4.57 Å². The first-order valence-electron chi connectivity index (χ1n) is 8.78. The van der Waals surface area contributed by atoms with Crippen LogP contribution in [-0.4, -0.2) is 24.4 Å². The van der Waals surface area contributed by atoms with E-state index in [0.717, 1.165) is 33.9 Å². The number of thioether (sulfide) groups is 1. The second-order valence-corrected chi connectivity index (χ2v) is 7.61. The van der Waals surface area contributed by atoms with Crippen molar-refractivity contribution < 1.29 is 0 Å². The van der Waals surface area contributed by atoms with E-state index in [0.29, 0.717) is 17.7 Å². The molecule has 2 heterocycles. The van der Waals surface area contributed by atoms with Crippen LogP contribution < -0.4 is 11.2 Å². The fraction of sp³-hybridized carbons (Fsp3) is 0.421. The molecule has 0 saturated heterocycles. The zero-order valence-electron chi connectivity index (χ0n) is 15.7. The third-order valence-corrected chi connectivity index (χ3v) is 5.57. The molecule has 0 amide bonds. The number of aromatic nitrogens is 4. The van der Waals surface area contributed by atoms with E-state index in [1.165, 1.54) is 17.2 Å². The van der Waals surface area contributed by atoms with Gasteiger partial charge in [0.05, 0.1) is 6.54 Å². The number of unbranched alkanes of at least 4 members (excludes halogenated alkanes) is 1. The number of aryl methyl sites for hydroxylation is 2. The average Bonchev–Trinajstić information content (AvgIpc) is 2.99. The van der Waals surface area contributed by atoms with Crippen LogP contribution in [-0.2, 0) is 20.6 Å². The van der Waals surface area contributed by atoms with E-state index in [1.54, 1.807) is 18.8 Å². The molecule has 3 aromatic rings. The van der Waals surface area contributed by atoms with Crippen molar-refractivity contribution in [1.82, 2.24) is 18.7 Å². The predicted molar refractivity (Wildman–Crippen MR) is 106 cm³/mol. The maximum atomic E-state index is 12.8. The maximum absolute atomic E-state index is 12.8. The third-order valence-electron chi connectivity index (χ3n) is 4.50. The lowest BCUT2D eigenvalue weighted by Gasteiger charge is -2.10. The Bertz CT molecular complexity index is 1040. The first-order chi connectivity index (χ1) is 12.4. The molecule has 6 nitrogen and oxygen atoms in total. The van der Waals surface area contributed by atoms with Crippen LogP contribution in [0.5, 0.6) is 0 Å². The van der Waals surface area contributed by atoms with Crippen LogP contribution in [0.25, 0.3) is 11.2 Å². The summed E-state index contributed by atoms with van der Waals surface area (Å²) in [7, 11) is 3.17. The van der Waals surface area contributed by atoms with E-state index in [4.69, 9.17) is 0 Å². The van der Waals surface area contributed by atoms with Crippen molar-refractivity contribution in [2.24, 2.45) is 14.1 Å². The minimum absolute atomic E-state index is 0.301. The standard InChI is InChI=1S/C19H24N4O2S/c1-5-6-11-26-18-20-16-15(17(24)22(4)19(25)21(16)3)23(18)12-14-9-7-13(2)8-10-14/h7-10H,5-6,11-12H2,1-4H3. The highest BCUT2D eigenvalue weighted by atomic mass is 32.2.